The Bertz CT molecular complexity index is 727. The van der Waals surface area contributed by atoms with Gasteiger partial charge in [0.05, 0.1) is 12.1 Å². The zero-order valence-electron chi connectivity index (χ0n) is 13.3. The average Bonchev–Trinajstić information content (AvgIpc) is 2.53. The molecule has 0 bridgehead atoms. The molecule has 1 aromatic carbocycles. The summed E-state index contributed by atoms with van der Waals surface area (Å²) in [6.07, 6.45) is -1.75. The van der Waals surface area contributed by atoms with Crippen LogP contribution in [0.3, 0.4) is 0 Å². The van der Waals surface area contributed by atoms with E-state index in [1.165, 1.54) is 11.0 Å². The first-order chi connectivity index (χ1) is 11.8. The highest BCUT2D eigenvalue weighted by molar-refractivity contribution is 5.81. The van der Waals surface area contributed by atoms with Crippen molar-refractivity contribution in [1.82, 2.24) is 9.88 Å². The number of rotatable bonds is 4. The normalized spacial score (nSPS) is 17.4. The number of fused-ring (bicyclic) bond motifs is 1. The van der Waals surface area contributed by atoms with E-state index in [0.29, 0.717) is 23.9 Å². The summed E-state index contributed by atoms with van der Waals surface area (Å²) >= 11 is 0. The van der Waals surface area contributed by atoms with Crippen molar-refractivity contribution in [1.29, 1.82) is 0 Å². The minimum absolute atomic E-state index is 0.0514. The highest BCUT2D eigenvalue weighted by atomic mass is 19.4. The molecule has 3 nitrogen and oxygen atoms in total. The Morgan fingerprint density at radius 2 is 1.92 bits per heavy atom. The standard InChI is InChI=1S/C17H17F5N2O/c18-16(19)25-15-9-14-12(2-1-5-23-14)8-13(15)11-3-6-24(7-4-11)10-17(20,21)22/h1-2,5,8-9,11,16H,3-4,6-7,10H2. The SMILES string of the molecule is FC(F)Oc1cc2ncccc2cc1C1CCN(CC(F)(F)F)CC1. The number of ether oxygens (including phenoxy) is 1. The third kappa shape index (κ3) is 4.56. The molecule has 3 rings (SSSR count). The summed E-state index contributed by atoms with van der Waals surface area (Å²) in [6.45, 7) is -3.38. The fraction of sp³-hybridized carbons (Fsp3) is 0.471. The third-order valence-corrected chi connectivity index (χ3v) is 4.38. The van der Waals surface area contributed by atoms with Gasteiger partial charge in [0.25, 0.3) is 0 Å². The van der Waals surface area contributed by atoms with Gasteiger partial charge in [-0.15, -0.1) is 0 Å². The van der Waals surface area contributed by atoms with Gasteiger partial charge in [-0.3, -0.25) is 9.88 Å². The molecule has 2 aromatic rings. The molecule has 0 spiro atoms. The first kappa shape index (κ1) is 17.8. The zero-order chi connectivity index (χ0) is 18.0. The van der Waals surface area contributed by atoms with Crippen LogP contribution >= 0.6 is 0 Å². The number of benzene rings is 1. The maximum absolute atomic E-state index is 12.7. The van der Waals surface area contributed by atoms with Crippen LogP contribution in [0.1, 0.15) is 24.3 Å². The molecule has 0 amide bonds. The number of pyridine rings is 1. The second kappa shape index (κ2) is 7.11. The predicted octanol–water partition coefficient (Wildman–Crippen LogP) is 4.58. The lowest BCUT2D eigenvalue weighted by atomic mass is 9.88. The molecule has 136 valence electrons. The summed E-state index contributed by atoms with van der Waals surface area (Å²) in [5.41, 5.74) is 1.14. The van der Waals surface area contributed by atoms with Crippen LogP contribution in [0.2, 0.25) is 0 Å². The monoisotopic (exact) mass is 360 g/mol. The molecule has 2 heterocycles. The number of nitrogens with zero attached hydrogens (tertiary/aromatic N) is 2. The first-order valence-electron chi connectivity index (χ1n) is 7.94. The molecule has 25 heavy (non-hydrogen) atoms. The van der Waals surface area contributed by atoms with Gasteiger partial charge in [0, 0.05) is 17.6 Å². The van der Waals surface area contributed by atoms with Gasteiger partial charge in [-0.2, -0.15) is 22.0 Å². The smallest absolute Gasteiger partial charge is 0.401 e. The van der Waals surface area contributed by atoms with E-state index in [1.54, 1.807) is 18.3 Å². The van der Waals surface area contributed by atoms with Crippen molar-refractivity contribution < 1.29 is 26.7 Å². The number of halogens is 5. The van der Waals surface area contributed by atoms with Gasteiger partial charge >= 0.3 is 12.8 Å². The fourth-order valence-electron chi connectivity index (χ4n) is 3.29. The summed E-state index contributed by atoms with van der Waals surface area (Å²) in [7, 11) is 0. The van der Waals surface area contributed by atoms with E-state index in [1.807, 2.05) is 6.07 Å². The van der Waals surface area contributed by atoms with Gasteiger partial charge < -0.3 is 4.74 Å². The Kier molecular flexibility index (Phi) is 5.08. The molecular weight excluding hydrogens is 343 g/mol. The van der Waals surface area contributed by atoms with E-state index in [0.717, 1.165) is 5.39 Å². The van der Waals surface area contributed by atoms with Crippen LogP contribution in [0.15, 0.2) is 30.5 Å². The summed E-state index contributed by atoms with van der Waals surface area (Å²) in [5, 5.41) is 0.789. The van der Waals surface area contributed by atoms with E-state index < -0.39 is 19.3 Å². The summed E-state index contributed by atoms with van der Waals surface area (Å²) in [4.78, 5) is 5.47. The molecule has 8 heteroatoms. The topological polar surface area (TPSA) is 25.4 Å². The molecule has 0 radical (unpaired) electrons. The molecule has 0 aliphatic carbocycles. The number of alkyl halides is 5. The van der Waals surface area contributed by atoms with Gasteiger partial charge in [-0.1, -0.05) is 6.07 Å². The highest BCUT2D eigenvalue weighted by Gasteiger charge is 2.33. The lowest BCUT2D eigenvalue weighted by Gasteiger charge is -2.33. The number of hydrogen-bond donors (Lipinski definition) is 0. The second-order valence-corrected chi connectivity index (χ2v) is 6.13. The summed E-state index contributed by atoms with van der Waals surface area (Å²) < 4.78 is 67.6. The van der Waals surface area contributed by atoms with Crippen LogP contribution < -0.4 is 4.74 Å². The molecular formula is C17H17F5N2O. The number of aromatic nitrogens is 1. The molecule has 1 aromatic heterocycles. The van der Waals surface area contributed by atoms with Gasteiger partial charge in [-0.05, 0) is 49.5 Å². The maximum Gasteiger partial charge on any atom is 0.401 e. The van der Waals surface area contributed by atoms with Crippen molar-refractivity contribution in [2.75, 3.05) is 19.6 Å². The average molecular weight is 360 g/mol. The van der Waals surface area contributed by atoms with Crippen molar-refractivity contribution in [3.8, 4) is 5.75 Å². The Morgan fingerprint density at radius 3 is 2.56 bits per heavy atom. The van der Waals surface area contributed by atoms with Crippen LogP contribution in [0.25, 0.3) is 10.9 Å². The van der Waals surface area contributed by atoms with Crippen LogP contribution in [0, 0.1) is 0 Å². The number of piperidine rings is 1. The van der Waals surface area contributed by atoms with Crippen molar-refractivity contribution in [2.45, 2.75) is 31.5 Å². The molecule has 0 N–H and O–H groups in total. The van der Waals surface area contributed by atoms with Gasteiger partial charge in [0.2, 0.25) is 0 Å². The lowest BCUT2D eigenvalue weighted by molar-refractivity contribution is -0.148. The van der Waals surface area contributed by atoms with E-state index in [9.17, 15) is 22.0 Å². The lowest BCUT2D eigenvalue weighted by Crippen LogP contribution is -2.39. The summed E-state index contributed by atoms with van der Waals surface area (Å²) in [5.74, 6) is -0.0710. The molecule has 1 aliphatic heterocycles. The van der Waals surface area contributed by atoms with Crippen LogP contribution in [-0.2, 0) is 0 Å². The van der Waals surface area contributed by atoms with Crippen molar-refractivity contribution in [3.63, 3.8) is 0 Å². The molecule has 0 unspecified atom stereocenters. The zero-order valence-corrected chi connectivity index (χ0v) is 13.3. The van der Waals surface area contributed by atoms with E-state index in [-0.39, 0.29) is 24.8 Å². The highest BCUT2D eigenvalue weighted by Crippen LogP contribution is 2.37. The van der Waals surface area contributed by atoms with E-state index in [2.05, 4.69) is 9.72 Å². The summed E-state index contributed by atoms with van der Waals surface area (Å²) in [6, 6.07) is 6.78. The van der Waals surface area contributed by atoms with Crippen molar-refractivity contribution in [3.05, 3.63) is 36.0 Å². The Morgan fingerprint density at radius 1 is 1.20 bits per heavy atom. The first-order valence-corrected chi connectivity index (χ1v) is 7.94. The Hall–Kier alpha value is -1.96. The van der Waals surface area contributed by atoms with Crippen LogP contribution in [-0.4, -0.2) is 42.3 Å². The minimum atomic E-state index is -4.23. The van der Waals surface area contributed by atoms with Crippen molar-refractivity contribution >= 4 is 10.9 Å². The van der Waals surface area contributed by atoms with E-state index >= 15 is 0 Å². The molecule has 0 atom stereocenters. The number of hydrogen-bond acceptors (Lipinski definition) is 3. The second-order valence-electron chi connectivity index (χ2n) is 6.13. The molecule has 1 fully saturated rings. The Balaban J connectivity index is 1.82. The third-order valence-electron chi connectivity index (χ3n) is 4.38. The molecule has 1 saturated heterocycles. The molecule has 0 saturated carbocycles. The fourth-order valence-corrected chi connectivity index (χ4v) is 3.29. The minimum Gasteiger partial charge on any atom is -0.434 e. The van der Waals surface area contributed by atoms with Crippen molar-refractivity contribution in [2.24, 2.45) is 0 Å². The molecule has 1 aliphatic rings. The van der Waals surface area contributed by atoms with Crippen LogP contribution in [0.5, 0.6) is 5.75 Å². The van der Waals surface area contributed by atoms with Crippen LogP contribution in [0.4, 0.5) is 22.0 Å². The van der Waals surface area contributed by atoms with Gasteiger partial charge in [0.15, 0.2) is 0 Å². The number of likely N-dealkylation sites (tertiary alicyclic amines) is 1. The predicted molar refractivity (Wildman–Crippen MR) is 82.8 cm³/mol. The Labute approximate surface area is 141 Å². The van der Waals surface area contributed by atoms with Gasteiger partial charge in [-0.25, -0.2) is 0 Å². The van der Waals surface area contributed by atoms with E-state index in [4.69, 9.17) is 0 Å². The quantitative estimate of drug-likeness (QED) is 0.747. The van der Waals surface area contributed by atoms with Gasteiger partial charge in [0.1, 0.15) is 5.75 Å². The maximum atomic E-state index is 12.7. The largest absolute Gasteiger partial charge is 0.434 e.